The van der Waals surface area contributed by atoms with Crippen LogP contribution in [0.3, 0.4) is 0 Å². The summed E-state index contributed by atoms with van der Waals surface area (Å²) in [6.07, 6.45) is 2.83. The summed E-state index contributed by atoms with van der Waals surface area (Å²) >= 11 is 3.47. The van der Waals surface area contributed by atoms with Gasteiger partial charge in [-0.3, -0.25) is 4.98 Å². The fourth-order valence-corrected chi connectivity index (χ4v) is 4.25. The number of hydrogen-bond donors (Lipinski definition) is 1. The lowest BCUT2D eigenvalue weighted by atomic mass is 10.1. The Morgan fingerprint density at radius 3 is 2.52 bits per heavy atom. The minimum atomic E-state index is -0.224. The van der Waals surface area contributed by atoms with Crippen molar-refractivity contribution in [1.29, 1.82) is 0 Å². The van der Waals surface area contributed by atoms with Crippen molar-refractivity contribution in [3.8, 4) is 11.3 Å². The number of nitrogens with one attached hydrogen (secondary N) is 1. The van der Waals surface area contributed by atoms with Crippen molar-refractivity contribution in [1.82, 2.24) is 14.7 Å². The first-order chi connectivity index (χ1) is 15.2. The SMILES string of the molecule is Fc1ccccc1-c1cc(CNCCc2ccc(Br)cc2)c2cnc3ccccc3n12. The molecule has 0 amide bonds. The molecule has 5 rings (SSSR count). The van der Waals surface area contributed by atoms with Gasteiger partial charge in [0.15, 0.2) is 0 Å². The van der Waals surface area contributed by atoms with Gasteiger partial charge >= 0.3 is 0 Å². The van der Waals surface area contributed by atoms with Crippen LogP contribution >= 0.6 is 15.9 Å². The van der Waals surface area contributed by atoms with Gasteiger partial charge in [-0.2, -0.15) is 0 Å². The predicted octanol–water partition coefficient (Wildman–Crippen LogP) is 6.39. The van der Waals surface area contributed by atoms with Crippen molar-refractivity contribution in [3.05, 3.63) is 106 Å². The van der Waals surface area contributed by atoms with E-state index in [-0.39, 0.29) is 5.82 Å². The summed E-state index contributed by atoms with van der Waals surface area (Å²) in [6, 6.07) is 25.4. The van der Waals surface area contributed by atoms with Crippen molar-refractivity contribution < 1.29 is 4.39 Å². The van der Waals surface area contributed by atoms with Gasteiger partial charge in [-0.25, -0.2) is 4.39 Å². The fraction of sp³-hybridized carbons (Fsp3) is 0.115. The van der Waals surface area contributed by atoms with E-state index in [0.29, 0.717) is 12.1 Å². The first-order valence-electron chi connectivity index (χ1n) is 10.3. The highest BCUT2D eigenvalue weighted by atomic mass is 79.9. The first-order valence-corrected chi connectivity index (χ1v) is 11.1. The molecule has 1 N–H and O–H groups in total. The molecule has 5 heteroatoms. The molecule has 3 nitrogen and oxygen atoms in total. The second-order valence-corrected chi connectivity index (χ2v) is 8.47. The third kappa shape index (κ3) is 3.99. The molecule has 0 aliphatic heterocycles. The van der Waals surface area contributed by atoms with Gasteiger partial charge in [0, 0.05) is 16.6 Å². The zero-order valence-electron chi connectivity index (χ0n) is 16.9. The number of rotatable bonds is 6. The van der Waals surface area contributed by atoms with E-state index in [1.54, 1.807) is 6.07 Å². The van der Waals surface area contributed by atoms with Crippen LogP contribution in [0.15, 0.2) is 89.5 Å². The highest BCUT2D eigenvalue weighted by molar-refractivity contribution is 9.10. The Labute approximate surface area is 188 Å². The van der Waals surface area contributed by atoms with Gasteiger partial charge < -0.3 is 9.72 Å². The maximum absolute atomic E-state index is 14.7. The van der Waals surface area contributed by atoms with Gasteiger partial charge in [0.2, 0.25) is 0 Å². The predicted molar refractivity (Wildman–Crippen MR) is 128 cm³/mol. The van der Waals surface area contributed by atoms with Crippen LogP contribution in [-0.2, 0) is 13.0 Å². The quantitative estimate of drug-likeness (QED) is 0.289. The zero-order chi connectivity index (χ0) is 21.2. The minimum absolute atomic E-state index is 0.224. The molecule has 0 atom stereocenters. The van der Waals surface area contributed by atoms with Gasteiger partial charge in [0.1, 0.15) is 5.82 Å². The summed E-state index contributed by atoms with van der Waals surface area (Å²) in [4.78, 5) is 4.64. The topological polar surface area (TPSA) is 29.3 Å². The van der Waals surface area contributed by atoms with Crippen LogP contribution in [0.25, 0.3) is 27.8 Å². The highest BCUT2D eigenvalue weighted by Crippen LogP contribution is 2.31. The van der Waals surface area contributed by atoms with Crippen LogP contribution < -0.4 is 5.32 Å². The summed E-state index contributed by atoms with van der Waals surface area (Å²) in [5.41, 5.74) is 6.68. The molecule has 0 saturated carbocycles. The van der Waals surface area contributed by atoms with E-state index in [2.05, 4.69) is 61.0 Å². The zero-order valence-corrected chi connectivity index (χ0v) is 18.4. The molecule has 0 radical (unpaired) electrons. The molecule has 0 fully saturated rings. The van der Waals surface area contributed by atoms with E-state index in [0.717, 1.165) is 45.2 Å². The molecule has 5 aromatic rings. The monoisotopic (exact) mass is 473 g/mol. The van der Waals surface area contributed by atoms with Crippen molar-refractivity contribution in [2.45, 2.75) is 13.0 Å². The third-order valence-corrected chi connectivity index (χ3v) is 6.07. The maximum Gasteiger partial charge on any atom is 0.132 e. The smallest absolute Gasteiger partial charge is 0.132 e. The van der Waals surface area contributed by atoms with Crippen LogP contribution in [0.2, 0.25) is 0 Å². The van der Waals surface area contributed by atoms with E-state index in [4.69, 9.17) is 0 Å². The Hall–Kier alpha value is -3.02. The summed E-state index contributed by atoms with van der Waals surface area (Å²) in [7, 11) is 0. The molecule has 0 aliphatic carbocycles. The van der Waals surface area contributed by atoms with Gasteiger partial charge in [-0.05, 0) is 66.6 Å². The lowest BCUT2D eigenvalue weighted by Gasteiger charge is -2.08. The molecule has 0 saturated heterocycles. The van der Waals surface area contributed by atoms with E-state index in [1.807, 2.05) is 42.6 Å². The van der Waals surface area contributed by atoms with Gasteiger partial charge in [-0.15, -0.1) is 0 Å². The lowest BCUT2D eigenvalue weighted by Crippen LogP contribution is -2.16. The van der Waals surface area contributed by atoms with E-state index in [9.17, 15) is 4.39 Å². The largest absolute Gasteiger partial charge is 0.312 e. The van der Waals surface area contributed by atoms with Crippen molar-refractivity contribution in [2.75, 3.05) is 6.54 Å². The van der Waals surface area contributed by atoms with Gasteiger partial charge in [0.25, 0.3) is 0 Å². The third-order valence-electron chi connectivity index (χ3n) is 5.54. The molecule has 0 unspecified atom stereocenters. The summed E-state index contributed by atoms with van der Waals surface area (Å²) in [5.74, 6) is -0.224. The Morgan fingerprint density at radius 2 is 1.68 bits per heavy atom. The molecule has 0 aliphatic rings. The summed E-state index contributed by atoms with van der Waals surface area (Å²) in [6.45, 7) is 1.55. The van der Waals surface area contributed by atoms with Crippen molar-refractivity contribution >= 4 is 32.5 Å². The second-order valence-electron chi connectivity index (χ2n) is 7.56. The van der Waals surface area contributed by atoms with Gasteiger partial charge in [0.05, 0.1) is 28.4 Å². The molecule has 0 bridgehead atoms. The van der Waals surface area contributed by atoms with Gasteiger partial charge in [-0.1, -0.05) is 52.3 Å². The van der Waals surface area contributed by atoms with Crippen LogP contribution in [-0.4, -0.2) is 15.9 Å². The maximum atomic E-state index is 14.7. The molecule has 3 aromatic carbocycles. The van der Waals surface area contributed by atoms with Crippen molar-refractivity contribution in [3.63, 3.8) is 0 Å². The molecule has 31 heavy (non-hydrogen) atoms. The van der Waals surface area contributed by atoms with Crippen LogP contribution in [0, 0.1) is 5.82 Å². The molecule has 2 aromatic heterocycles. The number of halogens is 2. The second kappa shape index (κ2) is 8.61. The molecule has 154 valence electrons. The number of nitrogens with zero attached hydrogens (tertiary/aromatic N) is 2. The Kier molecular flexibility index (Phi) is 5.53. The molecule has 0 spiro atoms. The van der Waals surface area contributed by atoms with Crippen LogP contribution in [0.4, 0.5) is 4.39 Å². The molecule has 2 heterocycles. The van der Waals surface area contributed by atoms with Crippen molar-refractivity contribution in [2.24, 2.45) is 0 Å². The number of hydrogen-bond acceptors (Lipinski definition) is 2. The molecular weight excluding hydrogens is 453 g/mol. The van der Waals surface area contributed by atoms with Crippen LogP contribution in [0.1, 0.15) is 11.1 Å². The van der Waals surface area contributed by atoms with E-state index >= 15 is 0 Å². The van der Waals surface area contributed by atoms with E-state index in [1.165, 1.54) is 11.6 Å². The van der Waals surface area contributed by atoms with E-state index < -0.39 is 0 Å². The first kappa shape index (κ1) is 19.9. The number of para-hydroxylation sites is 2. The number of fused-ring (bicyclic) bond motifs is 3. The number of benzene rings is 3. The standard InChI is InChI=1S/C26H21BrFN3/c27-20-11-9-18(10-12-20)13-14-29-16-19-15-25(21-5-1-2-6-22(21)28)31-24-8-4-3-7-23(24)30-17-26(19)31/h1-12,15,17,29H,13-14,16H2. The lowest BCUT2D eigenvalue weighted by molar-refractivity contribution is 0.630. The Morgan fingerprint density at radius 1 is 0.903 bits per heavy atom. The Balaban J connectivity index is 1.49. The normalized spacial score (nSPS) is 11.4. The summed E-state index contributed by atoms with van der Waals surface area (Å²) < 4.78 is 17.9. The average Bonchev–Trinajstić information content (AvgIpc) is 3.17. The minimum Gasteiger partial charge on any atom is -0.312 e. The van der Waals surface area contributed by atoms with Crippen LogP contribution in [0.5, 0.6) is 0 Å². The Bertz CT molecular complexity index is 1360. The average molecular weight is 474 g/mol. The number of aromatic nitrogens is 2. The summed E-state index contributed by atoms with van der Waals surface area (Å²) in [5, 5.41) is 3.54. The molecular formula is C26H21BrFN3. The fourth-order valence-electron chi connectivity index (χ4n) is 3.99. The highest BCUT2D eigenvalue weighted by Gasteiger charge is 2.16.